The fraction of sp³-hybridized carbons (Fsp3) is 0.786. The number of hydrogen-bond donors (Lipinski definition) is 2. The number of nitrogens with one attached hydrogen (secondary N) is 1. The molecule has 0 aromatic carbocycles. The van der Waals surface area contributed by atoms with Crippen molar-refractivity contribution in [3.05, 3.63) is 0 Å². The Hall–Kier alpha value is -1.63. The quantitative estimate of drug-likeness (QED) is 0.348. The third-order valence-electron chi connectivity index (χ3n) is 2.89. The van der Waals surface area contributed by atoms with E-state index in [0.29, 0.717) is 13.2 Å². The molecule has 120 valence electrons. The molecule has 7 nitrogen and oxygen atoms in total. The highest BCUT2D eigenvalue weighted by atomic mass is 16.5. The van der Waals surface area contributed by atoms with E-state index in [1.807, 2.05) is 6.92 Å². The van der Waals surface area contributed by atoms with Crippen LogP contribution >= 0.6 is 0 Å². The molecule has 0 saturated heterocycles. The van der Waals surface area contributed by atoms with Crippen molar-refractivity contribution in [3.8, 4) is 12.0 Å². The van der Waals surface area contributed by atoms with Gasteiger partial charge in [0.15, 0.2) is 0 Å². The summed E-state index contributed by atoms with van der Waals surface area (Å²) in [5.41, 5.74) is 2.39. The van der Waals surface area contributed by atoms with Gasteiger partial charge in [0.2, 0.25) is 5.95 Å². The molecule has 0 saturated carbocycles. The van der Waals surface area contributed by atoms with Crippen molar-refractivity contribution in [2.75, 3.05) is 18.6 Å². The number of hydrazine groups is 1. The van der Waals surface area contributed by atoms with Crippen LogP contribution in [-0.4, -0.2) is 28.2 Å². The number of unbranched alkanes of at least 4 members (excludes halogenated alkanes) is 5. The summed E-state index contributed by atoms with van der Waals surface area (Å²) in [5, 5.41) is 0. The summed E-state index contributed by atoms with van der Waals surface area (Å²) in [6.07, 6.45) is 8.13. The fourth-order valence-corrected chi connectivity index (χ4v) is 1.77. The molecule has 0 amide bonds. The molecule has 1 aromatic rings. The maximum atomic E-state index is 5.54. The molecule has 0 fully saturated rings. The van der Waals surface area contributed by atoms with Gasteiger partial charge >= 0.3 is 12.0 Å². The average Bonchev–Trinajstić information content (AvgIpc) is 2.51. The van der Waals surface area contributed by atoms with Crippen LogP contribution in [0, 0.1) is 0 Å². The Morgan fingerprint density at radius 3 is 2.05 bits per heavy atom. The molecule has 0 aliphatic carbocycles. The Kier molecular flexibility index (Phi) is 9.19. The molecule has 1 rings (SSSR count). The molecule has 7 heteroatoms. The second kappa shape index (κ2) is 11.1. The Morgan fingerprint density at radius 2 is 1.43 bits per heavy atom. The van der Waals surface area contributed by atoms with Gasteiger partial charge in [-0.15, -0.1) is 4.98 Å². The summed E-state index contributed by atoms with van der Waals surface area (Å²) in [7, 11) is 0. The van der Waals surface area contributed by atoms with Gasteiger partial charge in [0.05, 0.1) is 13.2 Å². The molecule has 0 bridgehead atoms. The smallest absolute Gasteiger partial charge is 0.324 e. The lowest BCUT2D eigenvalue weighted by Gasteiger charge is -2.08. The molecule has 0 atom stereocenters. The lowest BCUT2D eigenvalue weighted by molar-refractivity contribution is 0.257. The molecule has 1 heterocycles. The van der Waals surface area contributed by atoms with E-state index < -0.39 is 0 Å². The Labute approximate surface area is 126 Å². The molecule has 3 N–H and O–H groups in total. The van der Waals surface area contributed by atoms with Crippen LogP contribution in [-0.2, 0) is 0 Å². The third-order valence-corrected chi connectivity index (χ3v) is 2.89. The molecular weight excluding hydrogens is 270 g/mol. The standard InChI is InChI=1S/C14H27N5O2/c1-3-5-6-7-8-9-11-21-14-17-12(19-15)16-13(18-14)20-10-4-2/h3-11,15H2,1-2H3,(H,16,17,18,19). The molecule has 0 spiro atoms. The van der Waals surface area contributed by atoms with Gasteiger partial charge in [0.1, 0.15) is 0 Å². The molecule has 1 aromatic heterocycles. The number of nitrogens with two attached hydrogens (primary N) is 1. The van der Waals surface area contributed by atoms with Gasteiger partial charge in [-0.3, -0.25) is 5.43 Å². The van der Waals surface area contributed by atoms with Crippen LogP contribution in [0.2, 0.25) is 0 Å². The van der Waals surface area contributed by atoms with Crippen molar-refractivity contribution in [1.82, 2.24) is 15.0 Å². The van der Waals surface area contributed by atoms with Crippen molar-refractivity contribution in [3.63, 3.8) is 0 Å². The largest absolute Gasteiger partial charge is 0.463 e. The number of hydrogen-bond acceptors (Lipinski definition) is 7. The van der Waals surface area contributed by atoms with Crippen LogP contribution < -0.4 is 20.7 Å². The van der Waals surface area contributed by atoms with Gasteiger partial charge in [0, 0.05) is 0 Å². The van der Waals surface area contributed by atoms with Crippen LogP contribution in [0.1, 0.15) is 58.8 Å². The molecule has 0 radical (unpaired) electrons. The van der Waals surface area contributed by atoms with Gasteiger partial charge in [-0.1, -0.05) is 46.0 Å². The van der Waals surface area contributed by atoms with E-state index in [0.717, 1.165) is 19.3 Å². The highest BCUT2D eigenvalue weighted by Gasteiger charge is 2.07. The predicted octanol–water partition coefficient (Wildman–Crippen LogP) is 2.69. The van der Waals surface area contributed by atoms with Crippen LogP contribution in [0.5, 0.6) is 12.0 Å². The average molecular weight is 297 g/mol. The zero-order valence-electron chi connectivity index (χ0n) is 13.1. The monoisotopic (exact) mass is 297 g/mol. The number of nitrogens with zero attached hydrogens (tertiary/aromatic N) is 3. The minimum atomic E-state index is 0.234. The van der Waals surface area contributed by atoms with E-state index in [2.05, 4.69) is 27.3 Å². The summed E-state index contributed by atoms with van der Waals surface area (Å²) < 4.78 is 10.9. The number of aromatic nitrogens is 3. The van der Waals surface area contributed by atoms with Gasteiger partial charge < -0.3 is 9.47 Å². The van der Waals surface area contributed by atoms with Gasteiger partial charge in [-0.25, -0.2) is 5.84 Å². The normalized spacial score (nSPS) is 10.4. The van der Waals surface area contributed by atoms with Crippen molar-refractivity contribution >= 4 is 5.95 Å². The number of nitrogen functional groups attached to an aromatic ring is 1. The SMILES string of the molecule is CCCCCCCCOc1nc(NN)nc(OCCC)n1. The van der Waals surface area contributed by atoms with Crippen molar-refractivity contribution < 1.29 is 9.47 Å². The van der Waals surface area contributed by atoms with Gasteiger partial charge in [-0.05, 0) is 12.8 Å². The number of anilines is 1. The van der Waals surface area contributed by atoms with Crippen LogP contribution in [0.4, 0.5) is 5.95 Å². The van der Waals surface area contributed by atoms with Crippen LogP contribution in [0.25, 0.3) is 0 Å². The Morgan fingerprint density at radius 1 is 0.810 bits per heavy atom. The maximum Gasteiger partial charge on any atom is 0.324 e. The van der Waals surface area contributed by atoms with Crippen molar-refractivity contribution in [2.45, 2.75) is 58.8 Å². The van der Waals surface area contributed by atoms with Crippen LogP contribution in [0.3, 0.4) is 0 Å². The molecule has 0 unspecified atom stereocenters. The van der Waals surface area contributed by atoms with E-state index in [-0.39, 0.29) is 18.0 Å². The summed E-state index contributed by atoms with van der Waals surface area (Å²) in [4.78, 5) is 12.2. The minimum absolute atomic E-state index is 0.234. The predicted molar refractivity (Wildman–Crippen MR) is 82.3 cm³/mol. The topological polar surface area (TPSA) is 95.2 Å². The van der Waals surface area contributed by atoms with E-state index in [4.69, 9.17) is 15.3 Å². The number of ether oxygens (including phenoxy) is 2. The van der Waals surface area contributed by atoms with Crippen molar-refractivity contribution in [2.24, 2.45) is 5.84 Å². The minimum Gasteiger partial charge on any atom is -0.463 e. The zero-order valence-corrected chi connectivity index (χ0v) is 13.1. The molecule has 0 aliphatic heterocycles. The lowest BCUT2D eigenvalue weighted by Crippen LogP contribution is -2.14. The van der Waals surface area contributed by atoms with E-state index in [1.165, 1.54) is 25.7 Å². The molecule has 21 heavy (non-hydrogen) atoms. The van der Waals surface area contributed by atoms with E-state index in [9.17, 15) is 0 Å². The second-order valence-electron chi connectivity index (χ2n) is 4.83. The first kappa shape index (κ1) is 17.4. The Bertz CT molecular complexity index is 390. The van der Waals surface area contributed by atoms with E-state index in [1.54, 1.807) is 0 Å². The summed E-state index contributed by atoms with van der Waals surface area (Å²) >= 11 is 0. The summed E-state index contributed by atoms with van der Waals surface area (Å²) in [6.45, 7) is 5.36. The second-order valence-corrected chi connectivity index (χ2v) is 4.83. The van der Waals surface area contributed by atoms with Gasteiger partial charge in [0.25, 0.3) is 0 Å². The molecular formula is C14H27N5O2. The maximum absolute atomic E-state index is 5.54. The Balaban J connectivity index is 2.35. The summed E-state index contributed by atoms with van der Waals surface area (Å²) in [6, 6.07) is 0.482. The number of rotatable bonds is 12. The van der Waals surface area contributed by atoms with Crippen molar-refractivity contribution in [1.29, 1.82) is 0 Å². The highest BCUT2D eigenvalue weighted by molar-refractivity contribution is 5.25. The van der Waals surface area contributed by atoms with Gasteiger partial charge in [-0.2, -0.15) is 9.97 Å². The lowest BCUT2D eigenvalue weighted by atomic mass is 10.1. The third kappa shape index (κ3) is 7.65. The first-order chi connectivity index (χ1) is 10.3. The first-order valence-electron chi connectivity index (χ1n) is 7.78. The zero-order chi connectivity index (χ0) is 15.3. The first-order valence-corrected chi connectivity index (χ1v) is 7.78. The molecule has 0 aliphatic rings. The highest BCUT2D eigenvalue weighted by Crippen LogP contribution is 2.13. The van der Waals surface area contributed by atoms with E-state index >= 15 is 0 Å². The summed E-state index contributed by atoms with van der Waals surface area (Å²) in [5.74, 6) is 5.57. The van der Waals surface area contributed by atoms with Crippen LogP contribution in [0.15, 0.2) is 0 Å². The fourth-order valence-electron chi connectivity index (χ4n) is 1.77.